The van der Waals surface area contributed by atoms with E-state index in [4.69, 9.17) is 0 Å². The van der Waals surface area contributed by atoms with E-state index in [1.54, 1.807) is 73.1 Å². The first-order chi connectivity index (χ1) is 10.2. The van der Waals surface area contributed by atoms with E-state index >= 15 is 0 Å². The second kappa shape index (κ2) is 7.36. The van der Waals surface area contributed by atoms with Crippen molar-refractivity contribution in [1.29, 1.82) is 0 Å². The Hall–Kier alpha value is -2.46. The molecular weight excluding hydrogens is 282 g/mol. The van der Waals surface area contributed by atoms with Gasteiger partial charge in [-0.15, -0.1) is 0 Å². The topological polar surface area (TPSA) is 47.0 Å². The summed E-state index contributed by atoms with van der Waals surface area (Å²) in [5.74, 6) is 0. The Morgan fingerprint density at radius 2 is 0.952 bits per heavy atom. The van der Waals surface area contributed by atoms with Crippen molar-refractivity contribution in [3.05, 3.63) is 91.3 Å². The lowest BCUT2D eigenvalue weighted by molar-refractivity contribution is 0.596. The molecule has 21 heavy (non-hydrogen) atoms. The quantitative estimate of drug-likeness (QED) is 0.726. The third kappa shape index (κ3) is 4.26. The molecule has 2 aromatic carbocycles. The molecule has 0 aliphatic carbocycles. The van der Waals surface area contributed by atoms with E-state index in [9.17, 15) is 8.42 Å². The van der Waals surface area contributed by atoms with Crippen LogP contribution >= 0.6 is 0 Å². The highest BCUT2D eigenvalue weighted by Gasteiger charge is 2.15. The minimum atomic E-state index is -3.34. The predicted octanol–water partition coefficient (Wildman–Crippen LogP) is 3.60. The van der Waals surface area contributed by atoms with Crippen LogP contribution in [0.2, 0.25) is 0 Å². The van der Waals surface area contributed by atoms with Gasteiger partial charge >= 0.3 is 0 Å². The minimum absolute atomic E-state index is 0.330. The van der Waals surface area contributed by atoms with Crippen molar-refractivity contribution in [2.75, 3.05) is 0 Å². The Morgan fingerprint density at radius 1 is 0.571 bits per heavy atom. The normalized spacial score (nSPS) is 10.3. The third-order valence-corrected chi connectivity index (χ3v) is 4.46. The van der Waals surface area contributed by atoms with E-state index < -0.39 is 9.84 Å². The predicted molar refractivity (Wildman–Crippen MR) is 82.6 cm³/mol. The summed E-state index contributed by atoms with van der Waals surface area (Å²) in [4.78, 5) is 4.44. The molecular formula is C17H15NO2S. The Morgan fingerprint density at radius 3 is 1.24 bits per heavy atom. The highest BCUT2D eigenvalue weighted by molar-refractivity contribution is 7.91. The van der Waals surface area contributed by atoms with Crippen LogP contribution in [0.5, 0.6) is 0 Å². The number of aromatic nitrogens is 1. The largest absolute Gasteiger partial charge is 0.265 e. The lowest BCUT2D eigenvalue weighted by atomic mass is 10.4. The molecule has 0 spiro atoms. The van der Waals surface area contributed by atoms with Crippen LogP contribution in [0, 0.1) is 0 Å². The van der Waals surface area contributed by atoms with Gasteiger partial charge in [0.1, 0.15) is 0 Å². The van der Waals surface area contributed by atoms with Gasteiger partial charge in [-0.05, 0) is 36.4 Å². The van der Waals surface area contributed by atoms with Crippen LogP contribution in [0.25, 0.3) is 0 Å². The number of sulfone groups is 1. The maximum absolute atomic E-state index is 12.0. The van der Waals surface area contributed by atoms with Gasteiger partial charge in [-0.1, -0.05) is 42.5 Å². The smallest absolute Gasteiger partial charge is 0.206 e. The summed E-state index contributed by atoms with van der Waals surface area (Å²) in [5, 5.41) is 0. The fraction of sp³-hybridized carbons (Fsp3) is 0. The molecule has 0 N–H and O–H groups in total. The van der Waals surface area contributed by atoms with Gasteiger partial charge in [0.2, 0.25) is 9.84 Å². The fourth-order valence-electron chi connectivity index (χ4n) is 1.65. The first-order valence-corrected chi connectivity index (χ1v) is 7.90. The minimum Gasteiger partial charge on any atom is -0.265 e. The van der Waals surface area contributed by atoms with Crippen molar-refractivity contribution in [1.82, 2.24) is 4.98 Å². The van der Waals surface area contributed by atoms with Gasteiger partial charge in [0.25, 0.3) is 0 Å². The second-order valence-corrected chi connectivity index (χ2v) is 6.10. The highest BCUT2D eigenvalue weighted by atomic mass is 32.2. The third-order valence-electron chi connectivity index (χ3n) is 2.67. The van der Waals surface area contributed by atoms with Crippen LogP contribution in [-0.2, 0) is 9.84 Å². The van der Waals surface area contributed by atoms with Gasteiger partial charge in [-0.2, -0.15) is 0 Å². The first kappa shape index (κ1) is 14.9. The van der Waals surface area contributed by atoms with Crippen LogP contribution in [-0.4, -0.2) is 13.4 Å². The Labute approximate surface area is 124 Å². The molecule has 0 saturated heterocycles. The number of pyridine rings is 1. The molecule has 0 saturated carbocycles. The lowest BCUT2D eigenvalue weighted by Crippen LogP contribution is -2.00. The molecule has 0 aliphatic rings. The molecule has 0 aliphatic heterocycles. The molecule has 0 fully saturated rings. The fourth-order valence-corrected chi connectivity index (χ4v) is 2.95. The van der Waals surface area contributed by atoms with Crippen LogP contribution < -0.4 is 0 Å². The summed E-state index contributed by atoms with van der Waals surface area (Å²) in [6.45, 7) is 0. The monoisotopic (exact) mass is 297 g/mol. The van der Waals surface area contributed by atoms with Crippen molar-refractivity contribution in [3.63, 3.8) is 0 Å². The molecule has 0 unspecified atom stereocenters. The summed E-state index contributed by atoms with van der Waals surface area (Å²) in [6, 6.07) is 22.6. The van der Waals surface area contributed by atoms with Crippen LogP contribution in [0.15, 0.2) is 101 Å². The second-order valence-electron chi connectivity index (χ2n) is 4.15. The summed E-state index contributed by atoms with van der Waals surface area (Å²) >= 11 is 0. The van der Waals surface area contributed by atoms with Crippen LogP contribution in [0.4, 0.5) is 0 Å². The molecule has 0 bridgehead atoms. The molecule has 3 aromatic rings. The van der Waals surface area contributed by atoms with Crippen LogP contribution in [0.1, 0.15) is 0 Å². The van der Waals surface area contributed by atoms with E-state index in [-0.39, 0.29) is 0 Å². The summed E-state index contributed by atoms with van der Waals surface area (Å²) in [7, 11) is -3.34. The number of rotatable bonds is 2. The van der Waals surface area contributed by atoms with Crippen molar-refractivity contribution in [3.8, 4) is 0 Å². The van der Waals surface area contributed by atoms with Crippen molar-refractivity contribution in [2.24, 2.45) is 0 Å². The van der Waals surface area contributed by atoms with Gasteiger partial charge < -0.3 is 0 Å². The molecule has 0 atom stereocenters. The Bertz CT molecular complexity index is 670. The summed E-state index contributed by atoms with van der Waals surface area (Å²) in [5.41, 5.74) is 0. The maximum atomic E-state index is 12.0. The zero-order valence-electron chi connectivity index (χ0n) is 11.3. The Balaban J connectivity index is 0.000000225. The average molecular weight is 297 g/mol. The van der Waals surface area contributed by atoms with Crippen molar-refractivity contribution < 1.29 is 8.42 Å². The molecule has 4 heteroatoms. The molecule has 0 amide bonds. The standard InChI is InChI=1S/C12H10O2S.C5H5N/c13-15(14,11-7-3-1-4-8-11)12-9-5-2-6-10-12;1-2-4-6-5-3-1/h1-10H;1-5H. The molecule has 0 radical (unpaired) electrons. The van der Waals surface area contributed by atoms with Gasteiger partial charge in [0, 0.05) is 12.4 Å². The molecule has 3 nitrogen and oxygen atoms in total. The van der Waals surface area contributed by atoms with Crippen LogP contribution in [0.3, 0.4) is 0 Å². The van der Waals surface area contributed by atoms with Gasteiger partial charge in [-0.25, -0.2) is 8.42 Å². The van der Waals surface area contributed by atoms with Crippen molar-refractivity contribution >= 4 is 9.84 Å². The molecule has 106 valence electrons. The number of hydrogen-bond donors (Lipinski definition) is 0. The number of benzene rings is 2. The SMILES string of the molecule is O=S(=O)(c1ccccc1)c1ccccc1.c1ccncc1. The lowest BCUT2D eigenvalue weighted by Gasteiger charge is -2.03. The van der Waals surface area contributed by atoms with E-state index in [1.165, 1.54) is 0 Å². The number of hydrogen-bond acceptors (Lipinski definition) is 3. The summed E-state index contributed by atoms with van der Waals surface area (Å²) < 4.78 is 24.1. The molecule has 3 rings (SSSR count). The van der Waals surface area contributed by atoms with E-state index in [0.29, 0.717) is 9.79 Å². The first-order valence-electron chi connectivity index (χ1n) is 6.41. The maximum Gasteiger partial charge on any atom is 0.206 e. The highest BCUT2D eigenvalue weighted by Crippen LogP contribution is 2.19. The van der Waals surface area contributed by atoms with E-state index in [0.717, 1.165) is 0 Å². The van der Waals surface area contributed by atoms with Gasteiger partial charge in [-0.3, -0.25) is 4.98 Å². The Kier molecular flexibility index (Phi) is 5.23. The molecule has 1 aromatic heterocycles. The van der Waals surface area contributed by atoms with Gasteiger partial charge in [0.15, 0.2) is 0 Å². The van der Waals surface area contributed by atoms with E-state index in [1.807, 2.05) is 18.2 Å². The van der Waals surface area contributed by atoms with Crippen molar-refractivity contribution in [2.45, 2.75) is 9.79 Å². The summed E-state index contributed by atoms with van der Waals surface area (Å²) in [6.07, 6.45) is 3.50. The average Bonchev–Trinajstić information content (AvgIpc) is 2.59. The zero-order valence-corrected chi connectivity index (χ0v) is 12.1. The molecule has 1 heterocycles. The van der Waals surface area contributed by atoms with E-state index in [2.05, 4.69) is 4.98 Å². The zero-order chi connectivity index (χ0) is 15.0. The van der Waals surface area contributed by atoms with Gasteiger partial charge in [0.05, 0.1) is 9.79 Å². The number of nitrogens with zero attached hydrogens (tertiary/aromatic N) is 1.